The molecule has 1 aliphatic heterocycles. The first-order valence-corrected chi connectivity index (χ1v) is 22.6. The Labute approximate surface area is 402 Å². The minimum Gasteiger partial charge on any atom is -0.481 e. The number of hydrogen-bond acceptors (Lipinski definition) is 17. The van der Waals surface area contributed by atoms with E-state index in [4.69, 9.17) is 22.3 Å². The predicted octanol–water partition coefficient (Wildman–Crippen LogP) is -7.66. The van der Waals surface area contributed by atoms with Gasteiger partial charge in [0.2, 0.25) is 53.2 Å². The maximum absolute atomic E-state index is 13.9. The van der Waals surface area contributed by atoms with Crippen molar-refractivity contribution in [3.05, 3.63) is 0 Å². The van der Waals surface area contributed by atoms with Crippen molar-refractivity contribution in [3.8, 4) is 0 Å². The minimum atomic E-state index is -1.93. The first-order chi connectivity index (χ1) is 31.9. The fourth-order valence-corrected chi connectivity index (χ4v) is 6.85. The molecule has 0 spiro atoms. The predicted molar refractivity (Wildman–Crippen MR) is 246 cm³/mol. The molecule has 384 valence electrons. The molecular weight excluding hydrogens is 943 g/mol. The smallest absolute Gasteiger partial charge is 0.322 e. The monoisotopic (exact) mass is 1010 g/mol. The Morgan fingerprint density at radius 1 is 0.647 bits per heavy atom. The van der Waals surface area contributed by atoms with E-state index < -0.39 is 146 Å². The quantitative estimate of drug-likeness (QED) is 0.0138. The molecule has 1 aliphatic rings. The molecule has 0 bridgehead atoms. The number of rotatable bonds is 30. The van der Waals surface area contributed by atoms with Crippen molar-refractivity contribution in [1.82, 2.24) is 47.4 Å². The van der Waals surface area contributed by atoms with Crippen LogP contribution in [0.2, 0.25) is 0 Å². The third-order valence-corrected chi connectivity index (χ3v) is 10.6. The molecule has 0 radical (unpaired) electrons. The van der Waals surface area contributed by atoms with Crippen LogP contribution in [0.25, 0.3) is 0 Å². The van der Waals surface area contributed by atoms with E-state index in [9.17, 15) is 68.1 Å². The topological polar surface area (TPSA) is 459 Å². The molecular formula is C38H65N13O15S2. The number of aliphatic hydroxyl groups is 2. The molecule has 18 N–H and O–H groups in total. The van der Waals surface area contributed by atoms with Gasteiger partial charge >= 0.3 is 11.9 Å². The Kier molecular flexibility index (Phi) is 26.8. The molecule has 9 amide bonds. The van der Waals surface area contributed by atoms with Gasteiger partial charge in [0.05, 0.1) is 25.7 Å². The number of guanidine groups is 1. The summed E-state index contributed by atoms with van der Waals surface area (Å²) in [6.45, 7) is 1.96. The van der Waals surface area contributed by atoms with Crippen LogP contribution in [0, 0.1) is 5.92 Å². The molecule has 28 nitrogen and oxygen atoms in total. The highest BCUT2D eigenvalue weighted by Crippen LogP contribution is 2.19. The van der Waals surface area contributed by atoms with Gasteiger partial charge in [0.25, 0.3) is 0 Å². The zero-order valence-electron chi connectivity index (χ0n) is 37.8. The number of aliphatic imine (C=N–C) groups is 1. The number of aliphatic carboxylic acids is 2. The van der Waals surface area contributed by atoms with Crippen LogP contribution in [0.1, 0.15) is 59.3 Å². The molecule has 0 saturated carbocycles. The number of carboxylic acids is 2. The van der Waals surface area contributed by atoms with Gasteiger partial charge in [-0.15, -0.1) is 0 Å². The van der Waals surface area contributed by atoms with E-state index in [0.717, 1.165) is 0 Å². The van der Waals surface area contributed by atoms with Crippen LogP contribution < -0.4 is 59.7 Å². The van der Waals surface area contributed by atoms with Crippen molar-refractivity contribution in [1.29, 1.82) is 0 Å². The molecule has 30 heteroatoms. The zero-order chi connectivity index (χ0) is 51.8. The summed E-state index contributed by atoms with van der Waals surface area (Å²) >= 11 is 8.08. The molecule has 1 heterocycles. The number of carboxylic acid groups (broad SMARTS) is 2. The summed E-state index contributed by atoms with van der Waals surface area (Å²) in [5.74, 6) is -12.7. The standard InChI is InChI=1S/C38H65N13O15S2/c1-17(2)10-20(32(61)46-21(11-27(54)55)33(62)47-22(13-52)35(64)49-24(15-67)30(59)43-12-28(56)57)45-31(60)19(6-4-8-42-38(40)41)44-34(63)23(14-53)48-36(65)26-7-5-9-51(26)37(66)25(16-68)50-29(58)18(3)39/h17-26,52-53,67-68H,4-16,39H2,1-3H3,(H,43,59)(H,44,63)(H,45,60)(H,46,61)(H,47,62)(H,48,65)(H,49,64)(H,50,58)(H,54,55)(H,56,57)(H4,40,41,42)/t18-,19-,20-,21-,22-,23-,24-,25-,26-/m0/s1. The second-order valence-corrected chi connectivity index (χ2v) is 16.7. The highest BCUT2D eigenvalue weighted by atomic mass is 32.1. The lowest BCUT2D eigenvalue weighted by Gasteiger charge is -2.30. The summed E-state index contributed by atoms with van der Waals surface area (Å²) in [4.78, 5) is 147. The largest absolute Gasteiger partial charge is 0.481 e. The molecule has 0 aromatic rings. The molecule has 1 saturated heterocycles. The highest BCUT2D eigenvalue weighted by molar-refractivity contribution is 7.80. The number of amides is 9. The number of carbonyl (C=O) groups excluding carboxylic acids is 9. The molecule has 0 aromatic carbocycles. The normalized spacial score (nSPS) is 16.7. The van der Waals surface area contributed by atoms with Crippen LogP contribution in [0.4, 0.5) is 0 Å². The Hall–Kier alpha value is -5.98. The van der Waals surface area contributed by atoms with Crippen molar-refractivity contribution < 1.29 is 73.2 Å². The van der Waals surface area contributed by atoms with Crippen LogP contribution in [-0.4, -0.2) is 195 Å². The van der Waals surface area contributed by atoms with E-state index in [-0.39, 0.29) is 62.2 Å². The SMILES string of the molecule is CC(C)C[C@H](NC(=O)[C@H](CCCN=C(N)N)NC(=O)[C@H](CO)NC(=O)[C@@H]1CCCN1C(=O)[C@H](CS)NC(=O)[C@H](C)N)C(=O)N[C@@H](CC(=O)O)C(=O)N[C@@H](CO)C(=O)N[C@@H](CS)C(=O)NCC(=O)O. The second-order valence-electron chi connectivity index (χ2n) is 15.9. The van der Waals surface area contributed by atoms with Gasteiger partial charge in [-0.1, -0.05) is 13.8 Å². The summed E-state index contributed by atoms with van der Waals surface area (Å²) < 4.78 is 0. The van der Waals surface area contributed by atoms with Gasteiger partial charge in [0.15, 0.2) is 5.96 Å². The average molecular weight is 1010 g/mol. The van der Waals surface area contributed by atoms with Crippen LogP contribution >= 0.6 is 25.3 Å². The Balaban J connectivity index is 3.32. The van der Waals surface area contributed by atoms with Crippen LogP contribution in [0.5, 0.6) is 0 Å². The number of aliphatic hydroxyl groups excluding tert-OH is 2. The number of thiol groups is 2. The zero-order valence-corrected chi connectivity index (χ0v) is 39.6. The fourth-order valence-electron chi connectivity index (χ4n) is 6.35. The summed E-state index contributed by atoms with van der Waals surface area (Å²) in [7, 11) is 0. The van der Waals surface area contributed by atoms with E-state index in [0.29, 0.717) is 6.42 Å². The lowest BCUT2D eigenvalue weighted by atomic mass is 10.0. The molecule has 0 aliphatic carbocycles. The third kappa shape index (κ3) is 20.9. The molecule has 0 unspecified atom stereocenters. The third-order valence-electron chi connectivity index (χ3n) is 9.84. The Morgan fingerprint density at radius 2 is 1.13 bits per heavy atom. The first kappa shape index (κ1) is 60.0. The summed E-state index contributed by atoms with van der Waals surface area (Å²) in [5.41, 5.74) is 16.4. The van der Waals surface area contributed by atoms with E-state index in [1.807, 2.05) is 5.32 Å². The van der Waals surface area contributed by atoms with Crippen molar-refractivity contribution in [2.45, 2.75) is 114 Å². The number of carbonyl (C=O) groups is 11. The maximum Gasteiger partial charge on any atom is 0.322 e. The Morgan fingerprint density at radius 3 is 1.65 bits per heavy atom. The van der Waals surface area contributed by atoms with Gasteiger partial charge in [0, 0.05) is 24.6 Å². The average Bonchev–Trinajstić information content (AvgIpc) is 3.77. The molecule has 9 atom stereocenters. The van der Waals surface area contributed by atoms with Gasteiger partial charge in [-0.05, 0) is 44.9 Å². The van der Waals surface area contributed by atoms with Crippen molar-refractivity contribution >= 4 is 96.3 Å². The van der Waals surface area contributed by atoms with E-state index in [2.05, 4.69) is 67.5 Å². The van der Waals surface area contributed by atoms with Gasteiger partial charge in [-0.2, -0.15) is 25.3 Å². The van der Waals surface area contributed by atoms with Gasteiger partial charge in [-0.3, -0.25) is 57.7 Å². The van der Waals surface area contributed by atoms with Crippen molar-refractivity contribution in [3.63, 3.8) is 0 Å². The molecule has 1 rings (SSSR count). The second kappa shape index (κ2) is 30.4. The minimum absolute atomic E-state index is 0.0341. The number of nitrogens with one attached hydrogen (secondary N) is 8. The summed E-state index contributed by atoms with van der Waals surface area (Å²) in [5, 5.41) is 56.8. The van der Waals surface area contributed by atoms with Gasteiger partial charge < -0.3 is 85.1 Å². The van der Waals surface area contributed by atoms with Crippen LogP contribution in [0.3, 0.4) is 0 Å². The lowest BCUT2D eigenvalue weighted by Crippen LogP contribution is -2.61. The van der Waals surface area contributed by atoms with Crippen LogP contribution in [-0.2, 0) is 52.7 Å². The lowest BCUT2D eigenvalue weighted by molar-refractivity contribution is -0.142. The van der Waals surface area contributed by atoms with Crippen LogP contribution in [0.15, 0.2) is 4.99 Å². The molecule has 68 heavy (non-hydrogen) atoms. The van der Waals surface area contributed by atoms with Crippen molar-refractivity contribution in [2.75, 3.05) is 44.4 Å². The fraction of sp³-hybridized carbons (Fsp3) is 0.684. The number of nitrogens with two attached hydrogens (primary N) is 3. The van der Waals surface area contributed by atoms with Gasteiger partial charge in [-0.25, -0.2) is 0 Å². The van der Waals surface area contributed by atoms with E-state index >= 15 is 0 Å². The number of nitrogens with zero attached hydrogens (tertiary/aromatic N) is 2. The van der Waals surface area contributed by atoms with E-state index in [1.165, 1.54) is 11.8 Å². The summed E-state index contributed by atoms with van der Waals surface area (Å²) in [6, 6.07) is -13.1. The Bertz CT molecular complexity index is 1840. The maximum atomic E-state index is 13.9. The van der Waals surface area contributed by atoms with E-state index in [1.54, 1.807) is 13.8 Å². The van der Waals surface area contributed by atoms with Gasteiger partial charge in [0.1, 0.15) is 54.9 Å². The summed E-state index contributed by atoms with van der Waals surface area (Å²) in [6.07, 6.45) is -0.791. The highest BCUT2D eigenvalue weighted by Gasteiger charge is 2.40. The van der Waals surface area contributed by atoms with Crippen molar-refractivity contribution in [2.24, 2.45) is 28.1 Å². The molecule has 0 aromatic heterocycles. The number of hydrogen-bond donors (Lipinski definition) is 17. The molecule has 1 fully saturated rings. The number of likely N-dealkylation sites (tertiary alicyclic amines) is 1. The first-order valence-electron chi connectivity index (χ1n) is 21.3.